The minimum absolute atomic E-state index is 0.102. The van der Waals surface area contributed by atoms with E-state index in [1.807, 2.05) is 0 Å². The molecular formula is C77H146O17P2. The largest absolute Gasteiger partial charge is 0.472 e. The summed E-state index contributed by atoms with van der Waals surface area (Å²) in [6.07, 6.45) is 62.1. The van der Waals surface area contributed by atoms with Gasteiger partial charge in [0, 0.05) is 25.7 Å². The number of carbonyl (C=O) groups is 4. The molecule has 0 amide bonds. The predicted octanol–water partition coefficient (Wildman–Crippen LogP) is 22.4. The fourth-order valence-electron chi connectivity index (χ4n) is 11.3. The van der Waals surface area contributed by atoms with E-state index in [-0.39, 0.29) is 25.7 Å². The number of hydrogen-bond donors (Lipinski definition) is 3. The van der Waals surface area contributed by atoms with Crippen LogP contribution in [-0.2, 0) is 65.4 Å². The molecule has 5 atom stereocenters. The molecular weight excluding hydrogens is 1260 g/mol. The zero-order valence-electron chi connectivity index (χ0n) is 62.0. The number of aliphatic hydroxyl groups is 1. The van der Waals surface area contributed by atoms with E-state index >= 15 is 0 Å². The first kappa shape index (κ1) is 93.5. The Balaban J connectivity index is 5.21. The third kappa shape index (κ3) is 70.0. The minimum Gasteiger partial charge on any atom is -0.462 e. The Hall–Kier alpha value is -2.46. The number of esters is 4. The van der Waals surface area contributed by atoms with Gasteiger partial charge in [-0.2, -0.15) is 0 Å². The zero-order valence-corrected chi connectivity index (χ0v) is 63.8. The highest BCUT2D eigenvalue weighted by Gasteiger charge is 2.30. The number of phosphoric acid groups is 2. The lowest BCUT2D eigenvalue weighted by Crippen LogP contribution is -2.30. The van der Waals surface area contributed by atoms with Crippen LogP contribution in [0.2, 0.25) is 0 Å². The fraction of sp³-hybridized carbons (Fsp3) is 0.896. The van der Waals surface area contributed by atoms with E-state index in [9.17, 15) is 43.2 Å². The van der Waals surface area contributed by atoms with Crippen LogP contribution >= 0.6 is 15.6 Å². The average molecular weight is 1410 g/mol. The molecule has 0 aliphatic carbocycles. The lowest BCUT2D eigenvalue weighted by atomic mass is 10.0. The van der Waals surface area contributed by atoms with Gasteiger partial charge in [0.2, 0.25) is 0 Å². The lowest BCUT2D eigenvalue weighted by Gasteiger charge is -2.21. The Kier molecular flexibility index (Phi) is 67.8. The molecule has 0 aliphatic rings. The highest BCUT2D eigenvalue weighted by Crippen LogP contribution is 2.45. The van der Waals surface area contributed by atoms with E-state index in [2.05, 4.69) is 58.9 Å². The van der Waals surface area contributed by atoms with E-state index in [1.54, 1.807) is 0 Å². The lowest BCUT2D eigenvalue weighted by molar-refractivity contribution is -0.161. The monoisotopic (exact) mass is 1410 g/mol. The summed E-state index contributed by atoms with van der Waals surface area (Å²) in [5.41, 5.74) is 0. The highest BCUT2D eigenvalue weighted by atomic mass is 31.2. The summed E-state index contributed by atoms with van der Waals surface area (Å²) in [6.45, 7) is 7.17. The van der Waals surface area contributed by atoms with Crippen molar-refractivity contribution in [2.24, 2.45) is 5.92 Å². The minimum atomic E-state index is -4.96. The van der Waals surface area contributed by atoms with Crippen LogP contribution in [-0.4, -0.2) is 96.7 Å². The standard InChI is InChI=1S/C77H146O17P2/c1-6-9-12-15-18-21-23-25-27-28-29-30-31-32-34-36-38-42-47-52-57-62-76(81)93-73(67-88-75(80)61-56-51-46-41-37-35-33-26-24-22-19-16-13-10-7-2)69-92-96(85,86)90-65-71(78)64-89-95(83,84)91-68-72(66-87-74(79)60-55-50-45-20-17-14-11-8-3)94-77(82)63-58-53-48-43-39-40-44-49-54-59-70(4)5/h22,24,26,33,70-73,78H,6-21,23,25,27-32,34-69H2,1-5H3,(H,83,84)(H,85,86)/b24-22-,33-26-/t71-,72+,73+/m0/s1. The number of unbranched alkanes of at least 4 members (excludes halogenated alkanes) is 44. The molecule has 0 aromatic heterocycles. The smallest absolute Gasteiger partial charge is 0.462 e. The van der Waals surface area contributed by atoms with Gasteiger partial charge in [-0.1, -0.05) is 329 Å². The van der Waals surface area contributed by atoms with Crippen LogP contribution < -0.4 is 0 Å². The first-order valence-electron chi connectivity index (χ1n) is 39.5. The van der Waals surface area contributed by atoms with Gasteiger partial charge in [-0.05, 0) is 57.3 Å². The Morgan fingerprint density at radius 2 is 0.562 bits per heavy atom. The van der Waals surface area contributed by atoms with Gasteiger partial charge in [0.05, 0.1) is 26.4 Å². The third-order valence-corrected chi connectivity index (χ3v) is 19.3. The van der Waals surface area contributed by atoms with Crippen LogP contribution in [0, 0.1) is 5.92 Å². The van der Waals surface area contributed by atoms with Crippen molar-refractivity contribution in [2.45, 2.75) is 400 Å². The molecule has 0 aliphatic heterocycles. The van der Waals surface area contributed by atoms with Crippen molar-refractivity contribution in [3.05, 3.63) is 24.3 Å². The Morgan fingerprint density at radius 1 is 0.323 bits per heavy atom. The molecule has 0 spiro atoms. The molecule has 0 aromatic rings. The third-order valence-electron chi connectivity index (χ3n) is 17.4. The summed E-state index contributed by atoms with van der Waals surface area (Å²) < 4.78 is 68.4. The molecule has 0 aromatic carbocycles. The second-order valence-electron chi connectivity index (χ2n) is 27.5. The van der Waals surface area contributed by atoms with Crippen LogP contribution in [0.5, 0.6) is 0 Å². The van der Waals surface area contributed by atoms with Gasteiger partial charge >= 0.3 is 39.5 Å². The predicted molar refractivity (Wildman–Crippen MR) is 391 cm³/mol. The average Bonchev–Trinajstić information content (AvgIpc) is 1.26. The number of allylic oxidation sites excluding steroid dienone is 4. The Labute approximate surface area is 586 Å². The van der Waals surface area contributed by atoms with Gasteiger partial charge in [0.1, 0.15) is 19.3 Å². The maximum absolute atomic E-state index is 13.1. The zero-order chi connectivity index (χ0) is 70.5. The van der Waals surface area contributed by atoms with E-state index in [1.165, 1.54) is 180 Å². The van der Waals surface area contributed by atoms with Gasteiger partial charge in [-0.25, -0.2) is 9.13 Å². The summed E-state index contributed by atoms with van der Waals surface area (Å²) in [5.74, 6) is -1.41. The van der Waals surface area contributed by atoms with E-state index < -0.39 is 97.5 Å². The van der Waals surface area contributed by atoms with Gasteiger partial charge in [-0.15, -0.1) is 0 Å². The van der Waals surface area contributed by atoms with Crippen LogP contribution in [0.4, 0.5) is 0 Å². The summed E-state index contributed by atoms with van der Waals surface area (Å²) >= 11 is 0. The van der Waals surface area contributed by atoms with Crippen molar-refractivity contribution in [1.29, 1.82) is 0 Å². The summed E-state index contributed by atoms with van der Waals surface area (Å²) in [7, 11) is -9.92. The molecule has 566 valence electrons. The first-order valence-corrected chi connectivity index (χ1v) is 42.4. The molecule has 0 radical (unpaired) electrons. The van der Waals surface area contributed by atoms with Crippen molar-refractivity contribution >= 4 is 39.5 Å². The number of phosphoric ester groups is 2. The van der Waals surface area contributed by atoms with Gasteiger partial charge in [0.15, 0.2) is 12.2 Å². The summed E-state index contributed by atoms with van der Waals surface area (Å²) in [5, 5.41) is 10.6. The Bertz CT molecular complexity index is 1930. The molecule has 19 heteroatoms. The molecule has 96 heavy (non-hydrogen) atoms. The van der Waals surface area contributed by atoms with Gasteiger partial charge in [-0.3, -0.25) is 37.3 Å². The number of ether oxygens (including phenoxy) is 4. The van der Waals surface area contributed by atoms with Crippen LogP contribution in [0.1, 0.15) is 381 Å². The second kappa shape index (κ2) is 69.6. The molecule has 0 saturated carbocycles. The molecule has 17 nitrogen and oxygen atoms in total. The highest BCUT2D eigenvalue weighted by molar-refractivity contribution is 7.47. The van der Waals surface area contributed by atoms with Crippen molar-refractivity contribution < 1.29 is 80.2 Å². The maximum Gasteiger partial charge on any atom is 0.472 e. The molecule has 2 unspecified atom stereocenters. The fourth-order valence-corrected chi connectivity index (χ4v) is 12.9. The van der Waals surface area contributed by atoms with Crippen molar-refractivity contribution in [3.63, 3.8) is 0 Å². The van der Waals surface area contributed by atoms with Crippen molar-refractivity contribution in [2.75, 3.05) is 39.6 Å². The number of aliphatic hydroxyl groups excluding tert-OH is 1. The number of hydrogen-bond acceptors (Lipinski definition) is 15. The molecule has 0 heterocycles. The normalized spacial score (nSPS) is 14.1. The number of carbonyl (C=O) groups excluding carboxylic acids is 4. The SMILES string of the molecule is CCCCCC/C=C\C=C/CCCCCCCC(=O)OC[C@H](COP(=O)(O)OC[C@@H](O)COP(=O)(O)OC[C@@H](COC(=O)CCCCCCCCCC)OC(=O)CCCCCCCCCCCC(C)C)OC(=O)CCCCCCCCCCCCCCCCCCCCCCC. The molecule has 0 rings (SSSR count). The van der Waals surface area contributed by atoms with Crippen molar-refractivity contribution in [1.82, 2.24) is 0 Å². The molecule has 0 saturated heterocycles. The van der Waals surface area contributed by atoms with E-state index in [0.29, 0.717) is 25.7 Å². The van der Waals surface area contributed by atoms with E-state index in [0.717, 1.165) is 121 Å². The van der Waals surface area contributed by atoms with Crippen LogP contribution in [0.25, 0.3) is 0 Å². The maximum atomic E-state index is 13.1. The first-order chi connectivity index (χ1) is 46.5. The van der Waals surface area contributed by atoms with Gasteiger partial charge < -0.3 is 33.8 Å². The van der Waals surface area contributed by atoms with E-state index in [4.69, 9.17) is 37.0 Å². The second-order valence-corrected chi connectivity index (χ2v) is 30.4. The van der Waals surface area contributed by atoms with Crippen molar-refractivity contribution in [3.8, 4) is 0 Å². The van der Waals surface area contributed by atoms with Crippen LogP contribution in [0.15, 0.2) is 24.3 Å². The molecule has 3 N–H and O–H groups in total. The summed E-state index contributed by atoms with van der Waals surface area (Å²) in [4.78, 5) is 72.7. The summed E-state index contributed by atoms with van der Waals surface area (Å²) in [6, 6.07) is 0. The molecule has 0 fully saturated rings. The van der Waals surface area contributed by atoms with Crippen LogP contribution in [0.3, 0.4) is 0 Å². The topological polar surface area (TPSA) is 237 Å². The number of rotatable bonds is 75. The van der Waals surface area contributed by atoms with Gasteiger partial charge in [0.25, 0.3) is 0 Å². The quantitative estimate of drug-likeness (QED) is 0.0169. The molecule has 0 bridgehead atoms. The Morgan fingerprint density at radius 3 is 0.854 bits per heavy atom.